The summed E-state index contributed by atoms with van der Waals surface area (Å²) in [6, 6.07) is 8.46. The Bertz CT molecular complexity index is 675. The van der Waals surface area contributed by atoms with Crippen LogP contribution in [-0.4, -0.2) is 15.5 Å². The second-order valence-corrected chi connectivity index (χ2v) is 6.86. The number of imidazole rings is 1. The third-order valence-corrected chi connectivity index (χ3v) is 4.52. The van der Waals surface area contributed by atoms with Gasteiger partial charge < -0.3 is 9.88 Å². The van der Waals surface area contributed by atoms with E-state index in [0.717, 1.165) is 31.5 Å². The highest BCUT2D eigenvalue weighted by Gasteiger charge is 2.24. The average Bonchev–Trinajstić information content (AvgIpc) is 2.98. The van der Waals surface area contributed by atoms with Gasteiger partial charge in [-0.2, -0.15) is 0 Å². The quantitative estimate of drug-likeness (QED) is 0.923. The number of aryl methyl sites for hydroxylation is 1. The van der Waals surface area contributed by atoms with Gasteiger partial charge in [-0.05, 0) is 36.3 Å². The van der Waals surface area contributed by atoms with Gasteiger partial charge in [0.1, 0.15) is 0 Å². The molecule has 0 aliphatic heterocycles. The standard InChI is InChI=1S/C19H25N3O/c1-14(2)12-22-13-20-10-18(22)11-21-19(23)17-8-7-15-5-3-4-6-16(15)9-17/h3-6,10,13-14,17H,7-9,11-12H2,1-2H3,(H,21,23)/t17-/m1/s1. The van der Waals surface area contributed by atoms with Gasteiger partial charge >= 0.3 is 0 Å². The highest BCUT2D eigenvalue weighted by atomic mass is 16.1. The van der Waals surface area contributed by atoms with Crippen LogP contribution in [0.2, 0.25) is 0 Å². The Morgan fingerprint density at radius 2 is 2.13 bits per heavy atom. The number of aromatic nitrogens is 2. The molecule has 0 fully saturated rings. The van der Waals surface area contributed by atoms with Crippen molar-refractivity contribution in [1.29, 1.82) is 0 Å². The van der Waals surface area contributed by atoms with Gasteiger partial charge in [-0.1, -0.05) is 38.1 Å². The molecule has 1 aromatic heterocycles. The highest BCUT2D eigenvalue weighted by molar-refractivity contribution is 5.79. The topological polar surface area (TPSA) is 46.9 Å². The molecular weight excluding hydrogens is 286 g/mol. The number of nitrogens with zero attached hydrogens (tertiary/aromatic N) is 2. The van der Waals surface area contributed by atoms with E-state index in [2.05, 4.69) is 53.0 Å². The molecule has 2 aromatic rings. The lowest BCUT2D eigenvalue weighted by Crippen LogP contribution is -2.34. The molecule has 0 spiro atoms. The zero-order chi connectivity index (χ0) is 16.2. The molecule has 4 heteroatoms. The third kappa shape index (κ3) is 3.81. The summed E-state index contributed by atoms with van der Waals surface area (Å²) in [5.74, 6) is 0.816. The van der Waals surface area contributed by atoms with Crippen molar-refractivity contribution in [3.8, 4) is 0 Å². The smallest absolute Gasteiger partial charge is 0.223 e. The first-order chi connectivity index (χ1) is 11.1. The minimum atomic E-state index is 0.0892. The van der Waals surface area contributed by atoms with Crippen molar-refractivity contribution in [2.75, 3.05) is 0 Å². The number of hydrogen-bond donors (Lipinski definition) is 1. The van der Waals surface area contributed by atoms with Crippen LogP contribution in [0.15, 0.2) is 36.8 Å². The zero-order valence-corrected chi connectivity index (χ0v) is 14.0. The Morgan fingerprint density at radius 3 is 2.91 bits per heavy atom. The van der Waals surface area contributed by atoms with E-state index in [1.165, 1.54) is 11.1 Å². The van der Waals surface area contributed by atoms with Gasteiger partial charge in [0.15, 0.2) is 0 Å². The average molecular weight is 311 g/mol. The summed E-state index contributed by atoms with van der Waals surface area (Å²) in [6.07, 6.45) is 6.48. The van der Waals surface area contributed by atoms with Crippen LogP contribution in [0.3, 0.4) is 0 Å². The van der Waals surface area contributed by atoms with E-state index >= 15 is 0 Å². The Balaban J connectivity index is 1.57. The van der Waals surface area contributed by atoms with E-state index in [-0.39, 0.29) is 11.8 Å². The second kappa shape index (κ2) is 6.99. The number of hydrogen-bond acceptors (Lipinski definition) is 2. The summed E-state index contributed by atoms with van der Waals surface area (Å²) in [5.41, 5.74) is 3.79. The number of nitrogens with one attached hydrogen (secondary N) is 1. The maximum absolute atomic E-state index is 12.5. The normalized spacial score (nSPS) is 17.1. The second-order valence-electron chi connectivity index (χ2n) is 6.86. The lowest BCUT2D eigenvalue weighted by Gasteiger charge is -2.24. The molecule has 1 aromatic carbocycles. The molecular formula is C19H25N3O. The number of amides is 1. The lowest BCUT2D eigenvalue weighted by molar-refractivity contribution is -0.125. The number of benzene rings is 1. The number of carbonyl (C=O) groups is 1. The predicted molar refractivity (Wildman–Crippen MR) is 90.9 cm³/mol. The Hall–Kier alpha value is -2.10. The summed E-state index contributed by atoms with van der Waals surface area (Å²) in [7, 11) is 0. The van der Waals surface area contributed by atoms with Crippen molar-refractivity contribution in [2.24, 2.45) is 11.8 Å². The fourth-order valence-corrected chi connectivity index (χ4v) is 3.30. The highest BCUT2D eigenvalue weighted by Crippen LogP contribution is 2.25. The maximum atomic E-state index is 12.5. The van der Waals surface area contributed by atoms with Gasteiger partial charge in [-0.25, -0.2) is 4.98 Å². The van der Waals surface area contributed by atoms with Gasteiger partial charge in [0.25, 0.3) is 0 Å². The first-order valence-electron chi connectivity index (χ1n) is 8.47. The van der Waals surface area contributed by atoms with Crippen molar-refractivity contribution in [3.63, 3.8) is 0 Å². The first-order valence-corrected chi connectivity index (χ1v) is 8.47. The molecule has 0 bridgehead atoms. The summed E-state index contributed by atoms with van der Waals surface area (Å²) < 4.78 is 2.13. The fourth-order valence-electron chi connectivity index (χ4n) is 3.30. The van der Waals surface area contributed by atoms with Crippen LogP contribution in [0.25, 0.3) is 0 Å². The van der Waals surface area contributed by atoms with Crippen LogP contribution >= 0.6 is 0 Å². The zero-order valence-electron chi connectivity index (χ0n) is 14.0. The molecule has 122 valence electrons. The van der Waals surface area contributed by atoms with Crippen LogP contribution in [0, 0.1) is 11.8 Å². The molecule has 0 radical (unpaired) electrons. The van der Waals surface area contributed by atoms with Crippen molar-refractivity contribution in [3.05, 3.63) is 53.6 Å². The van der Waals surface area contributed by atoms with Crippen LogP contribution in [0.4, 0.5) is 0 Å². The number of carbonyl (C=O) groups excluding carboxylic acids is 1. The molecule has 0 unspecified atom stereocenters. The summed E-state index contributed by atoms with van der Waals surface area (Å²) in [5, 5.41) is 3.10. The Labute approximate surface area is 137 Å². The molecule has 23 heavy (non-hydrogen) atoms. The molecule has 1 aliphatic carbocycles. The van der Waals surface area contributed by atoms with Gasteiger partial charge in [-0.15, -0.1) is 0 Å². The molecule has 0 saturated carbocycles. The molecule has 1 amide bonds. The molecule has 1 N–H and O–H groups in total. The van der Waals surface area contributed by atoms with Gasteiger partial charge in [0.05, 0.1) is 18.6 Å². The molecule has 4 nitrogen and oxygen atoms in total. The number of fused-ring (bicyclic) bond motifs is 1. The Morgan fingerprint density at radius 1 is 1.35 bits per heavy atom. The van der Waals surface area contributed by atoms with E-state index in [1.807, 2.05) is 12.5 Å². The van der Waals surface area contributed by atoms with E-state index in [1.54, 1.807) is 0 Å². The van der Waals surface area contributed by atoms with Crippen molar-refractivity contribution in [1.82, 2.24) is 14.9 Å². The number of rotatable bonds is 5. The van der Waals surface area contributed by atoms with Crippen molar-refractivity contribution in [2.45, 2.75) is 46.2 Å². The van der Waals surface area contributed by atoms with Crippen LogP contribution in [0.1, 0.15) is 37.1 Å². The van der Waals surface area contributed by atoms with Crippen LogP contribution < -0.4 is 5.32 Å². The largest absolute Gasteiger partial charge is 0.350 e. The van der Waals surface area contributed by atoms with Crippen molar-refractivity contribution >= 4 is 5.91 Å². The third-order valence-electron chi connectivity index (χ3n) is 4.52. The summed E-state index contributed by atoms with van der Waals surface area (Å²) in [4.78, 5) is 16.7. The molecule has 1 heterocycles. The van der Waals surface area contributed by atoms with E-state index in [9.17, 15) is 4.79 Å². The molecule has 1 aliphatic rings. The predicted octanol–water partition coefficient (Wildman–Crippen LogP) is 2.96. The molecule has 3 rings (SSSR count). The lowest BCUT2D eigenvalue weighted by atomic mass is 9.83. The SMILES string of the molecule is CC(C)Cn1cncc1CNC(=O)[C@@H]1CCc2ccccc2C1. The minimum Gasteiger partial charge on any atom is -0.350 e. The fraction of sp³-hybridized carbons (Fsp3) is 0.474. The maximum Gasteiger partial charge on any atom is 0.223 e. The minimum absolute atomic E-state index is 0.0892. The van der Waals surface area contributed by atoms with Crippen LogP contribution in [-0.2, 0) is 30.7 Å². The van der Waals surface area contributed by atoms with Gasteiger partial charge in [0, 0.05) is 18.7 Å². The summed E-state index contributed by atoms with van der Waals surface area (Å²) in [6.45, 7) is 5.86. The van der Waals surface area contributed by atoms with Crippen molar-refractivity contribution < 1.29 is 4.79 Å². The van der Waals surface area contributed by atoms with E-state index in [0.29, 0.717) is 12.5 Å². The van der Waals surface area contributed by atoms with Gasteiger partial charge in [0.2, 0.25) is 5.91 Å². The summed E-state index contributed by atoms with van der Waals surface area (Å²) >= 11 is 0. The first kappa shape index (κ1) is 15.8. The molecule has 1 atom stereocenters. The van der Waals surface area contributed by atoms with E-state index < -0.39 is 0 Å². The molecule has 0 saturated heterocycles. The monoisotopic (exact) mass is 311 g/mol. The van der Waals surface area contributed by atoms with Gasteiger partial charge in [-0.3, -0.25) is 4.79 Å². The Kier molecular flexibility index (Phi) is 4.79. The van der Waals surface area contributed by atoms with Crippen LogP contribution in [0.5, 0.6) is 0 Å². The van der Waals surface area contributed by atoms with E-state index in [4.69, 9.17) is 0 Å².